The molecule has 8 heteroatoms. The molecule has 0 atom stereocenters. The molecule has 2 aliphatic heterocycles. The molecule has 3 rings (SSSR count). The van der Waals surface area contributed by atoms with E-state index in [2.05, 4.69) is 15.6 Å². The summed E-state index contributed by atoms with van der Waals surface area (Å²) in [4.78, 5) is 23.7. The third-order valence-electron chi connectivity index (χ3n) is 3.31. The van der Waals surface area contributed by atoms with E-state index in [4.69, 9.17) is 9.47 Å². The van der Waals surface area contributed by atoms with Crippen molar-refractivity contribution in [2.75, 3.05) is 19.6 Å². The number of carbonyl (C=O) groups is 1. The van der Waals surface area contributed by atoms with Crippen LogP contribution in [-0.4, -0.2) is 35.1 Å². The zero-order valence-electron chi connectivity index (χ0n) is 12.5. The smallest absolute Gasteiger partial charge is 0.341 e. The third kappa shape index (κ3) is 2.73. The molecule has 23 heavy (non-hydrogen) atoms. The van der Waals surface area contributed by atoms with Gasteiger partial charge in [0.15, 0.2) is 0 Å². The molecule has 0 unspecified atom stereocenters. The number of fused-ring (bicyclic) bond motifs is 1. The summed E-state index contributed by atoms with van der Waals surface area (Å²) in [5.41, 5.74) is 4.17. The average molecular weight is 314 g/mol. The van der Waals surface area contributed by atoms with E-state index in [9.17, 15) is 9.59 Å². The van der Waals surface area contributed by atoms with Crippen molar-refractivity contribution in [1.29, 1.82) is 0 Å². The van der Waals surface area contributed by atoms with E-state index in [0.717, 1.165) is 11.4 Å². The van der Waals surface area contributed by atoms with Crippen molar-refractivity contribution < 1.29 is 14.3 Å². The summed E-state index contributed by atoms with van der Waals surface area (Å²) in [6.45, 7) is 0. The minimum Gasteiger partial charge on any atom is -0.497 e. The van der Waals surface area contributed by atoms with Gasteiger partial charge in [0.05, 0.1) is 25.5 Å². The Morgan fingerprint density at radius 3 is 2.61 bits per heavy atom. The number of methoxy groups -OCH3 is 2. The second-order valence-electron chi connectivity index (χ2n) is 4.73. The summed E-state index contributed by atoms with van der Waals surface area (Å²) in [6, 6.07) is 7.20. The molecule has 0 aromatic heterocycles. The van der Waals surface area contributed by atoms with Gasteiger partial charge >= 0.3 is 5.97 Å². The van der Waals surface area contributed by atoms with Crippen molar-refractivity contribution in [1.82, 2.24) is 14.9 Å². The molecule has 0 saturated heterocycles. The monoisotopic (exact) mass is 314 g/mol. The first-order chi connectivity index (χ1) is 11.1. The molecule has 1 aromatic rings. The quantitative estimate of drug-likeness (QED) is 0.705. The maximum Gasteiger partial charge on any atom is 0.341 e. The fourth-order valence-electron chi connectivity index (χ4n) is 2.17. The molecule has 0 amide bonds. The van der Waals surface area contributed by atoms with Crippen LogP contribution in [0.5, 0.6) is 5.75 Å². The van der Waals surface area contributed by atoms with Gasteiger partial charge in [-0.2, -0.15) is 5.10 Å². The molecule has 0 radical (unpaired) electrons. The molecule has 1 aromatic carbocycles. The lowest BCUT2D eigenvalue weighted by molar-refractivity contribution is 0.0600. The van der Waals surface area contributed by atoms with Crippen LogP contribution in [0.25, 0.3) is 11.3 Å². The van der Waals surface area contributed by atoms with E-state index in [1.165, 1.54) is 18.0 Å². The molecular formula is C15H14N4O4. The molecule has 8 nitrogen and oxygen atoms in total. The highest BCUT2D eigenvalue weighted by atomic mass is 16.5. The van der Waals surface area contributed by atoms with Gasteiger partial charge in [0.1, 0.15) is 17.0 Å². The van der Waals surface area contributed by atoms with Gasteiger partial charge in [-0.05, 0) is 24.3 Å². The molecule has 0 spiro atoms. The van der Waals surface area contributed by atoms with Crippen LogP contribution in [-0.2, 0) is 4.74 Å². The lowest BCUT2D eigenvalue weighted by Gasteiger charge is -2.14. The lowest BCUT2D eigenvalue weighted by Crippen LogP contribution is -2.16. The highest BCUT2D eigenvalue weighted by Gasteiger charge is 2.21. The second kappa shape index (κ2) is 5.84. The van der Waals surface area contributed by atoms with Crippen molar-refractivity contribution in [3.63, 3.8) is 0 Å². The molecule has 118 valence electrons. The highest BCUT2D eigenvalue weighted by Crippen LogP contribution is 2.21. The van der Waals surface area contributed by atoms with Crippen molar-refractivity contribution in [3.05, 3.63) is 52.6 Å². The summed E-state index contributed by atoms with van der Waals surface area (Å²) >= 11 is 0. The second-order valence-corrected chi connectivity index (χ2v) is 4.73. The minimum atomic E-state index is -0.576. The molecule has 0 fully saturated rings. The number of hydrogen-bond donors (Lipinski definition) is 2. The summed E-state index contributed by atoms with van der Waals surface area (Å²) in [5.74, 6) is 0.148. The van der Waals surface area contributed by atoms with Gasteiger partial charge in [-0.25, -0.2) is 9.89 Å². The molecule has 0 saturated carbocycles. The molecule has 2 N–H and O–H groups in total. The van der Waals surface area contributed by atoms with Crippen LogP contribution in [0.2, 0.25) is 0 Å². The summed E-state index contributed by atoms with van der Waals surface area (Å²) in [5, 5.41) is 6.19. The minimum absolute atomic E-state index is 0.185. The van der Waals surface area contributed by atoms with Crippen molar-refractivity contribution >= 4 is 11.7 Å². The number of rotatable bonds is 4. The Morgan fingerprint density at radius 2 is 1.96 bits per heavy atom. The number of aromatic amines is 1. The number of carbonyl (C=O) groups excluding carboxylic acids is 1. The average Bonchev–Trinajstić information content (AvgIpc) is 2.95. The Labute approximate surface area is 131 Å². The van der Waals surface area contributed by atoms with Crippen molar-refractivity contribution in [2.45, 2.75) is 0 Å². The first kappa shape index (κ1) is 14.6. The first-order valence-corrected chi connectivity index (χ1v) is 6.72. The number of H-pyrrole nitrogens is 1. The largest absolute Gasteiger partial charge is 0.497 e. The van der Waals surface area contributed by atoms with E-state index >= 15 is 0 Å². The predicted octanol–water partition coefficient (Wildman–Crippen LogP) is 1.35. The van der Waals surface area contributed by atoms with Gasteiger partial charge in [-0.1, -0.05) is 0 Å². The number of nitrogens with zero attached hydrogens (tertiary/aromatic N) is 2. The Hall–Kier alpha value is -3.29. The van der Waals surface area contributed by atoms with Gasteiger partial charge in [-0.3, -0.25) is 14.9 Å². The van der Waals surface area contributed by atoms with Crippen LogP contribution >= 0.6 is 0 Å². The maximum absolute atomic E-state index is 11.9. The van der Waals surface area contributed by atoms with Crippen LogP contribution in [0.15, 0.2) is 41.5 Å². The number of aromatic nitrogens is 3. The first-order valence-electron chi connectivity index (χ1n) is 6.72. The standard InChI is InChI=1S/C15H14N4O4/c1-22-10-5-3-9(4-6-10)18-19-7-11-13(16-17-14(11)20)12(8-19)15(21)23-2/h3-8,18H,1-2H3,(H,17,20). The van der Waals surface area contributed by atoms with E-state index < -0.39 is 5.97 Å². The zero-order chi connectivity index (χ0) is 16.4. The highest BCUT2D eigenvalue weighted by molar-refractivity contribution is 5.96. The Bertz CT molecular complexity index is 866. The van der Waals surface area contributed by atoms with E-state index in [-0.39, 0.29) is 22.4 Å². The van der Waals surface area contributed by atoms with Crippen molar-refractivity contribution in [3.8, 4) is 17.0 Å². The fourth-order valence-corrected chi connectivity index (χ4v) is 2.17. The number of esters is 1. The zero-order valence-corrected chi connectivity index (χ0v) is 12.5. The third-order valence-corrected chi connectivity index (χ3v) is 3.31. The summed E-state index contributed by atoms with van der Waals surface area (Å²) in [6.07, 6.45) is 3.07. The van der Waals surface area contributed by atoms with E-state index in [1.54, 1.807) is 37.6 Å². The van der Waals surface area contributed by atoms with Crippen LogP contribution in [0.1, 0.15) is 10.4 Å². The molecule has 0 aliphatic carbocycles. The van der Waals surface area contributed by atoms with Gasteiger partial charge in [0.2, 0.25) is 0 Å². The number of benzene rings is 1. The Morgan fingerprint density at radius 1 is 1.22 bits per heavy atom. The van der Waals surface area contributed by atoms with Gasteiger partial charge < -0.3 is 9.47 Å². The molecule has 2 aliphatic rings. The maximum atomic E-state index is 11.9. The molecular weight excluding hydrogens is 300 g/mol. The van der Waals surface area contributed by atoms with Crippen LogP contribution in [0.4, 0.5) is 5.69 Å². The Balaban J connectivity index is 2.02. The summed E-state index contributed by atoms with van der Waals surface area (Å²) in [7, 11) is 2.86. The number of ether oxygens (including phenoxy) is 2. The van der Waals surface area contributed by atoms with Crippen LogP contribution in [0, 0.1) is 0 Å². The Kier molecular flexibility index (Phi) is 3.71. The summed E-state index contributed by atoms with van der Waals surface area (Å²) < 4.78 is 11.3. The van der Waals surface area contributed by atoms with Crippen LogP contribution in [0.3, 0.4) is 0 Å². The number of anilines is 1. The van der Waals surface area contributed by atoms with Crippen molar-refractivity contribution in [2.24, 2.45) is 0 Å². The molecule has 0 bridgehead atoms. The van der Waals surface area contributed by atoms with Gasteiger partial charge in [-0.15, -0.1) is 0 Å². The number of pyridine rings is 1. The van der Waals surface area contributed by atoms with Gasteiger partial charge in [0.25, 0.3) is 5.56 Å². The normalized spacial score (nSPS) is 10.5. The van der Waals surface area contributed by atoms with E-state index in [0.29, 0.717) is 0 Å². The lowest BCUT2D eigenvalue weighted by atomic mass is 10.1. The molecule has 2 heterocycles. The fraction of sp³-hybridized carbons (Fsp3) is 0.133. The topological polar surface area (TPSA) is 98.2 Å². The van der Waals surface area contributed by atoms with Crippen LogP contribution < -0.4 is 15.7 Å². The van der Waals surface area contributed by atoms with Gasteiger partial charge in [0, 0.05) is 12.4 Å². The number of hydrogen-bond acceptors (Lipinski definition) is 6. The number of nitrogens with one attached hydrogen (secondary N) is 2. The van der Waals surface area contributed by atoms with E-state index in [1.807, 2.05) is 0 Å². The predicted molar refractivity (Wildman–Crippen MR) is 82.8 cm³/mol. The SMILES string of the molecule is COC(=O)c1cn(Nc2ccc(OC)cc2)cc2c(=O)[nH]nc1-2.